The Hall–Kier alpha value is -1.10. The molecule has 0 aliphatic carbocycles. The van der Waals surface area contributed by atoms with E-state index in [4.69, 9.17) is 9.84 Å². The van der Waals surface area contributed by atoms with E-state index in [1.165, 1.54) is 13.8 Å². The van der Waals surface area contributed by atoms with Crippen molar-refractivity contribution in [1.29, 1.82) is 0 Å². The average molecular weight is 202 g/mol. The summed E-state index contributed by atoms with van der Waals surface area (Å²) in [5.41, 5.74) is -3.32. The van der Waals surface area contributed by atoms with Gasteiger partial charge in [0.05, 0.1) is 0 Å². The predicted molar refractivity (Wildman–Crippen MR) is 46.5 cm³/mol. The number of aliphatic hydroxyl groups is 1. The SMILES string of the molecule is CCC1C(C)(O)C(=O)OC1(C)C(=O)O. The maximum absolute atomic E-state index is 11.2. The lowest BCUT2D eigenvalue weighted by atomic mass is 9.78. The number of hydrogen-bond acceptors (Lipinski definition) is 4. The fourth-order valence-electron chi connectivity index (χ4n) is 2.03. The summed E-state index contributed by atoms with van der Waals surface area (Å²) in [6.07, 6.45) is 0.363. The van der Waals surface area contributed by atoms with Gasteiger partial charge in [-0.1, -0.05) is 6.92 Å². The number of carboxylic acids is 1. The number of carbonyl (C=O) groups is 2. The topological polar surface area (TPSA) is 83.8 Å². The molecule has 5 heteroatoms. The van der Waals surface area contributed by atoms with E-state index in [0.717, 1.165) is 0 Å². The molecule has 80 valence electrons. The molecule has 0 saturated carbocycles. The monoisotopic (exact) mass is 202 g/mol. The largest absolute Gasteiger partial charge is 0.478 e. The minimum Gasteiger partial charge on any atom is -0.478 e. The van der Waals surface area contributed by atoms with Crippen LogP contribution in [0.2, 0.25) is 0 Å². The molecule has 0 amide bonds. The van der Waals surface area contributed by atoms with Crippen LogP contribution in [0, 0.1) is 5.92 Å². The van der Waals surface area contributed by atoms with E-state index < -0.39 is 29.1 Å². The Morgan fingerprint density at radius 1 is 1.57 bits per heavy atom. The van der Waals surface area contributed by atoms with Crippen LogP contribution in [0.25, 0.3) is 0 Å². The second-order valence-electron chi connectivity index (χ2n) is 3.91. The van der Waals surface area contributed by atoms with Crippen LogP contribution < -0.4 is 0 Å². The van der Waals surface area contributed by atoms with Crippen LogP contribution in [0.3, 0.4) is 0 Å². The van der Waals surface area contributed by atoms with Crippen LogP contribution in [0.1, 0.15) is 27.2 Å². The van der Waals surface area contributed by atoms with Gasteiger partial charge in [0.15, 0.2) is 5.60 Å². The van der Waals surface area contributed by atoms with Crippen LogP contribution in [0.15, 0.2) is 0 Å². The third kappa shape index (κ3) is 1.19. The molecule has 1 saturated heterocycles. The standard InChI is InChI=1S/C9H14O5/c1-4-5-8(2,13)7(12)14-9(5,3)6(10)11/h5,13H,4H2,1-3H3,(H,10,11). The predicted octanol–water partition coefficient (Wildman–Crippen LogP) is 0.164. The lowest BCUT2D eigenvalue weighted by molar-refractivity contribution is -0.171. The van der Waals surface area contributed by atoms with E-state index in [2.05, 4.69) is 0 Å². The van der Waals surface area contributed by atoms with Gasteiger partial charge in [0.1, 0.15) is 0 Å². The van der Waals surface area contributed by atoms with E-state index >= 15 is 0 Å². The highest BCUT2D eigenvalue weighted by Crippen LogP contribution is 2.42. The maximum Gasteiger partial charge on any atom is 0.348 e. The molecule has 14 heavy (non-hydrogen) atoms. The Bertz CT molecular complexity index is 283. The van der Waals surface area contributed by atoms with Crippen LogP contribution in [-0.4, -0.2) is 33.4 Å². The van der Waals surface area contributed by atoms with Gasteiger partial charge in [0.25, 0.3) is 0 Å². The summed E-state index contributed by atoms with van der Waals surface area (Å²) in [6, 6.07) is 0. The van der Waals surface area contributed by atoms with E-state index in [9.17, 15) is 14.7 Å². The zero-order valence-electron chi connectivity index (χ0n) is 8.40. The minimum absolute atomic E-state index is 0.363. The molecule has 0 aromatic heterocycles. The zero-order chi connectivity index (χ0) is 11.1. The van der Waals surface area contributed by atoms with Crippen molar-refractivity contribution in [3.8, 4) is 0 Å². The average Bonchev–Trinajstić information content (AvgIpc) is 2.20. The summed E-state index contributed by atoms with van der Waals surface area (Å²) < 4.78 is 4.74. The van der Waals surface area contributed by atoms with Gasteiger partial charge < -0.3 is 14.9 Å². The van der Waals surface area contributed by atoms with Crippen molar-refractivity contribution < 1.29 is 24.5 Å². The molecule has 3 unspecified atom stereocenters. The Morgan fingerprint density at radius 2 is 2.07 bits per heavy atom. The summed E-state index contributed by atoms with van der Waals surface area (Å²) >= 11 is 0. The summed E-state index contributed by atoms with van der Waals surface area (Å²) in [5.74, 6) is -2.82. The highest BCUT2D eigenvalue weighted by molar-refractivity contribution is 5.90. The number of carboxylic acid groups (broad SMARTS) is 1. The summed E-state index contributed by atoms with van der Waals surface area (Å²) in [7, 11) is 0. The van der Waals surface area contributed by atoms with Crippen molar-refractivity contribution in [3.63, 3.8) is 0 Å². The van der Waals surface area contributed by atoms with Crippen LogP contribution in [0.4, 0.5) is 0 Å². The molecule has 2 N–H and O–H groups in total. The molecular formula is C9H14O5. The molecule has 0 bridgehead atoms. The van der Waals surface area contributed by atoms with Gasteiger partial charge in [0, 0.05) is 5.92 Å². The second kappa shape index (κ2) is 2.95. The smallest absolute Gasteiger partial charge is 0.348 e. The van der Waals surface area contributed by atoms with Crippen LogP contribution in [-0.2, 0) is 14.3 Å². The molecule has 1 aliphatic heterocycles. The normalized spacial score (nSPS) is 42.3. The molecule has 3 atom stereocenters. The third-order valence-corrected chi connectivity index (χ3v) is 2.89. The Kier molecular flexibility index (Phi) is 2.31. The van der Waals surface area contributed by atoms with Crippen molar-refractivity contribution in [3.05, 3.63) is 0 Å². The number of aliphatic carboxylic acids is 1. The molecule has 5 nitrogen and oxygen atoms in total. The molecule has 1 aliphatic rings. The van der Waals surface area contributed by atoms with Gasteiger partial charge in [-0.3, -0.25) is 0 Å². The first kappa shape index (κ1) is 11.0. The highest BCUT2D eigenvalue weighted by atomic mass is 16.6. The zero-order valence-corrected chi connectivity index (χ0v) is 8.40. The number of hydrogen-bond donors (Lipinski definition) is 2. The lowest BCUT2D eigenvalue weighted by Crippen LogP contribution is -2.46. The van der Waals surface area contributed by atoms with Crippen molar-refractivity contribution >= 4 is 11.9 Å². The molecule has 0 spiro atoms. The molecule has 0 radical (unpaired) electrons. The number of esters is 1. The first-order valence-corrected chi connectivity index (χ1v) is 4.46. The number of rotatable bonds is 2. The van der Waals surface area contributed by atoms with Gasteiger partial charge >= 0.3 is 11.9 Å². The Labute approximate surface area is 81.7 Å². The summed E-state index contributed by atoms with van der Waals surface area (Å²) in [6.45, 7) is 4.31. The fraction of sp³-hybridized carbons (Fsp3) is 0.778. The van der Waals surface area contributed by atoms with Crippen molar-refractivity contribution in [2.75, 3.05) is 0 Å². The molecule has 0 aromatic carbocycles. The molecule has 1 fully saturated rings. The summed E-state index contributed by atoms with van der Waals surface area (Å²) in [4.78, 5) is 22.2. The van der Waals surface area contributed by atoms with Gasteiger partial charge in [-0.25, -0.2) is 9.59 Å². The van der Waals surface area contributed by atoms with Crippen molar-refractivity contribution in [2.24, 2.45) is 5.92 Å². The lowest BCUT2D eigenvalue weighted by Gasteiger charge is -2.27. The first-order valence-electron chi connectivity index (χ1n) is 4.46. The van der Waals surface area contributed by atoms with Crippen molar-refractivity contribution in [2.45, 2.75) is 38.4 Å². The van der Waals surface area contributed by atoms with Crippen LogP contribution >= 0.6 is 0 Å². The Balaban J connectivity index is 3.15. The highest BCUT2D eigenvalue weighted by Gasteiger charge is 2.62. The van der Waals surface area contributed by atoms with Gasteiger partial charge in [-0.15, -0.1) is 0 Å². The second-order valence-corrected chi connectivity index (χ2v) is 3.91. The molecular weight excluding hydrogens is 188 g/mol. The van der Waals surface area contributed by atoms with Crippen molar-refractivity contribution in [1.82, 2.24) is 0 Å². The quantitative estimate of drug-likeness (QED) is 0.623. The molecule has 1 heterocycles. The van der Waals surface area contributed by atoms with E-state index in [1.54, 1.807) is 6.92 Å². The van der Waals surface area contributed by atoms with E-state index in [1.807, 2.05) is 0 Å². The minimum atomic E-state index is -1.71. The number of carbonyl (C=O) groups excluding carboxylic acids is 1. The number of cyclic esters (lactones) is 1. The van der Waals surface area contributed by atoms with E-state index in [-0.39, 0.29) is 0 Å². The summed E-state index contributed by atoms with van der Waals surface area (Å²) in [5, 5.41) is 18.7. The molecule has 0 aromatic rings. The third-order valence-electron chi connectivity index (χ3n) is 2.89. The van der Waals surface area contributed by atoms with Gasteiger partial charge in [-0.05, 0) is 20.3 Å². The number of ether oxygens (including phenoxy) is 1. The Morgan fingerprint density at radius 3 is 2.36 bits per heavy atom. The van der Waals surface area contributed by atoms with E-state index in [0.29, 0.717) is 6.42 Å². The maximum atomic E-state index is 11.2. The van der Waals surface area contributed by atoms with Crippen LogP contribution in [0.5, 0.6) is 0 Å². The van der Waals surface area contributed by atoms with Gasteiger partial charge in [0.2, 0.25) is 5.60 Å². The molecule has 1 rings (SSSR count). The van der Waals surface area contributed by atoms with Gasteiger partial charge in [-0.2, -0.15) is 0 Å². The first-order chi connectivity index (χ1) is 6.26. The fourth-order valence-corrected chi connectivity index (χ4v) is 2.03.